The molecule has 13 heteroatoms. The molecule has 0 heterocycles. The topological polar surface area (TPSA) is 144 Å². The standard InChI is InChI=1S/C26H31OS.C14H22O.C12H10OS.2CH4O3S/c1-4-5-6-13-18-27-26-21(2)19-25(20-22(26)3)28(23-14-9-7-10-15-23)24-16-11-8-12-17-24;1-4-5-6-7-11-15-14-12(2)9-8-10-13(14)3;13-14(11-7-3-1-4-8-11)12-9-5-2-6-10-12;2*1-5(2,3)4/h7-12,14-17,19-20H,4-6,13,18H2,1-3H3;8-10H,4-7,11H2,1-3H3;1-10H;2*1H3,(H,2,3,4)/q+1;;;;. The molecule has 0 aliphatic heterocycles. The fraction of sp³-hybridized carbons (Fsp3) is 0.333. The van der Waals surface area contributed by atoms with E-state index in [-0.39, 0.29) is 10.9 Å². The highest BCUT2D eigenvalue weighted by molar-refractivity contribution is 7.97. The first-order valence-corrected chi connectivity index (χ1v) is 28.5. The number of ether oxygens (including phenoxy) is 2. The third kappa shape index (κ3) is 25.8. The number of benzene rings is 6. The van der Waals surface area contributed by atoms with Crippen LogP contribution < -0.4 is 9.47 Å². The number of para-hydroxylation sites is 1. The SMILES string of the molecule is CCCCCCOc1c(C)cc([S+](c2ccccc2)c2ccccc2)cc1C.CCCCCCOc1c(C)cccc1C.CS(=O)(=O)O.CS(=O)(=O)O.O=S(c1ccccc1)c1ccccc1. The largest absolute Gasteiger partial charge is 0.493 e. The van der Waals surface area contributed by atoms with E-state index in [1.807, 2.05) is 60.7 Å². The van der Waals surface area contributed by atoms with Crippen molar-refractivity contribution in [3.8, 4) is 11.5 Å². The van der Waals surface area contributed by atoms with Crippen molar-refractivity contribution < 1.29 is 39.6 Å². The van der Waals surface area contributed by atoms with Crippen LogP contribution in [-0.2, 0) is 41.9 Å². The molecule has 0 amide bonds. The second-order valence-electron chi connectivity index (χ2n) is 15.7. The zero-order valence-corrected chi connectivity index (χ0v) is 43.7. The molecule has 67 heavy (non-hydrogen) atoms. The highest BCUT2D eigenvalue weighted by Crippen LogP contribution is 2.35. The summed E-state index contributed by atoms with van der Waals surface area (Å²) in [5.41, 5.74) is 4.95. The summed E-state index contributed by atoms with van der Waals surface area (Å²) in [5, 5.41) is 0. The van der Waals surface area contributed by atoms with Gasteiger partial charge in [0.25, 0.3) is 20.2 Å². The van der Waals surface area contributed by atoms with Crippen LogP contribution in [0.3, 0.4) is 0 Å². The smallest absolute Gasteiger partial charge is 0.261 e. The van der Waals surface area contributed by atoms with E-state index >= 15 is 0 Å². The van der Waals surface area contributed by atoms with Gasteiger partial charge in [0.1, 0.15) is 11.5 Å². The lowest BCUT2D eigenvalue weighted by molar-refractivity contribution is 0.301. The Balaban J connectivity index is 0.000000333. The van der Waals surface area contributed by atoms with Crippen molar-refractivity contribution in [2.75, 3.05) is 25.7 Å². The molecule has 0 radical (unpaired) electrons. The molecule has 0 bridgehead atoms. The maximum absolute atomic E-state index is 12.0. The summed E-state index contributed by atoms with van der Waals surface area (Å²) in [5.74, 6) is 2.14. The zero-order valence-electron chi connectivity index (χ0n) is 40.4. The molecule has 364 valence electrons. The summed E-state index contributed by atoms with van der Waals surface area (Å²) in [6.07, 6.45) is 11.4. The van der Waals surface area contributed by atoms with Gasteiger partial charge in [0, 0.05) is 21.9 Å². The summed E-state index contributed by atoms with van der Waals surface area (Å²) in [7, 11) is -8.49. The predicted molar refractivity (Wildman–Crippen MR) is 279 cm³/mol. The first-order valence-electron chi connectivity index (χ1n) is 22.5. The van der Waals surface area contributed by atoms with E-state index in [2.05, 4.69) is 133 Å². The van der Waals surface area contributed by atoms with Crippen LogP contribution in [0.4, 0.5) is 0 Å². The molecule has 0 aliphatic carbocycles. The lowest BCUT2D eigenvalue weighted by atomic mass is 10.1. The van der Waals surface area contributed by atoms with E-state index in [1.54, 1.807) is 0 Å². The van der Waals surface area contributed by atoms with Gasteiger partial charge in [-0.05, 0) is 111 Å². The van der Waals surface area contributed by atoms with Crippen molar-refractivity contribution in [1.29, 1.82) is 0 Å². The summed E-state index contributed by atoms with van der Waals surface area (Å²) in [4.78, 5) is 5.74. The van der Waals surface area contributed by atoms with E-state index in [4.69, 9.17) is 18.6 Å². The van der Waals surface area contributed by atoms with Gasteiger partial charge in [-0.25, -0.2) is 4.21 Å². The lowest BCUT2D eigenvalue weighted by Gasteiger charge is -2.15. The molecule has 2 N–H and O–H groups in total. The van der Waals surface area contributed by atoms with Crippen molar-refractivity contribution in [1.82, 2.24) is 0 Å². The quantitative estimate of drug-likeness (QED) is 0.0518. The lowest BCUT2D eigenvalue weighted by Crippen LogP contribution is -2.07. The van der Waals surface area contributed by atoms with Gasteiger partial charge in [0.2, 0.25) is 0 Å². The van der Waals surface area contributed by atoms with E-state index in [0.717, 1.165) is 40.9 Å². The average Bonchev–Trinajstić information content (AvgIpc) is 3.28. The molecule has 6 rings (SSSR count). The Kier molecular flexibility index (Phi) is 27.9. The van der Waals surface area contributed by atoms with Gasteiger partial charge in [0.15, 0.2) is 14.7 Å². The van der Waals surface area contributed by atoms with E-state index in [9.17, 15) is 21.0 Å². The van der Waals surface area contributed by atoms with Gasteiger partial charge >= 0.3 is 0 Å². The Hall–Kier alpha value is -4.76. The second kappa shape index (κ2) is 32.1. The summed E-state index contributed by atoms with van der Waals surface area (Å²) >= 11 is 0. The third-order valence-electron chi connectivity index (χ3n) is 9.44. The monoisotopic (exact) mass is 991 g/mol. The average molecular weight is 992 g/mol. The fourth-order valence-electron chi connectivity index (χ4n) is 6.43. The number of aryl methyl sites for hydroxylation is 4. The van der Waals surface area contributed by atoms with Gasteiger partial charge in [-0.15, -0.1) is 0 Å². The van der Waals surface area contributed by atoms with E-state index in [0.29, 0.717) is 12.5 Å². The molecule has 0 atom stereocenters. The second-order valence-corrected chi connectivity index (χ2v) is 22.2. The van der Waals surface area contributed by atoms with Crippen LogP contribution in [0.15, 0.2) is 176 Å². The maximum Gasteiger partial charge on any atom is 0.261 e. The van der Waals surface area contributed by atoms with Crippen LogP contribution in [0.1, 0.15) is 87.5 Å². The van der Waals surface area contributed by atoms with Crippen molar-refractivity contribution in [3.05, 3.63) is 174 Å². The van der Waals surface area contributed by atoms with Crippen LogP contribution in [0.25, 0.3) is 0 Å². The van der Waals surface area contributed by atoms with E-state index in [1.165, 1.54) is 81.9 Å². The molecule has 6 aromatic rings. The molecular formula is C54H71O9S4+. The fourth-order valence-corrected chi connectivity index (χ4v) is 9.78. The van der Waals surface area contributed by atoms with Crippen LogP contribution in [0.5, 0.6) is 11.5 Å². The molecule has 0 saturated heterocycles. The number of hydrogen-bond acceptors (Lipinski definition) is 7. The minimum Gasteiger partial charge on any atom is -0.493 e. The number of hydrogen-bond donors (Lipinski definition) is 2. The first-order chi connectivity index (χ1) is 31.8. The Morgan fingerprint density at radius 2 is 0.761 bits per heavy atom. The minimum absolute atomic E-state index is 0.109. The number of rotatable bonds is 17. The summed E-state index contributed by atoms with van der Waals surface area (Å²) in [6.45, 7) is 14.7. The Morgan fingerprint density at radius 1 is 0.448 bits per heavy atom. The molecule has 6 aromatic carbocycles. The van der Waals surface area contributed by atoms with Crippen LogP contribution in [0, 0.1) is 27.7 Å². The third-order valence-corrected chi connectivity index (χ3v) is 13.0. The van der Waals surface area contributed by atoms with Crippen molar-refractivity contribution >= 4 is 41.9 Å². The van der Waals surface area contributed by atoms with Crippen molar-refractivity contribution in [2.45, 2.75) is 117 Å². The van der Waals surface area contributed by atoms with Crippen LogP contribution in [0.2, 0.25) is 0 Å². The maximum atomic E-state index is 12.0. The normalized spacial score (nSPS) is 10.8. The van der Waals surface area contributed by atoms with Crippen molar-refractivity contribution in [3.63, 3.8) is 0 Å². The molecule has 0 unspecified atom stereocenters. The van der Waals surface area contributed by atoms with Crippen LogP contribution >= 0.6 is 0 Å². The van der Waals surface area contributed by atoms with Crippen molar-refractivity contribution in [2.24, 2.45) is 0 Å². The Labute approximate surface area is 407 Å². The van der Waals surface area contributed by atoms with Gasteiger partial charge in [-0.1, -0.05) is 143 Å². The Morgan fingerprint density at radius 3 is 1.09 bits per heavy atom. The predicted octanol–water partition coefficient (Wildman–Crippen LogP) is 13.5. The highest BCUT2D eigenvalue weighted by atomic mass is 32.2. The molecule has 0 fully saturated rings. The van der Waals surface area contributed by atoms with Gasteiger partial charge < -0.3 is 9.47 Å². The molecular weight excluding hydrogens is 921 g/mol. The van der Waals surface area contributed by atoms with Gasteiger partial charge in [0.05, 0.1) is 47.4 Å². The van der Waals surface area contributed by atoms with Gasteiger partial charge in [-0.2, -0.15) is 16.8 Å². The minimum atomic E-state index is -3.67. The summed E-state index contributed by atoms with van der Waals surface area (Å²) < 4.78 is 75.7. The molecule has 0 aromatic heterocycles. The molecule has 0 aliphatic rings. The summed E-state index contributed by atoms with van der Waals surface area (Å²) in [6, 6.07) is 51.5. The molecule has 0 saturated carbocycles. The van der Waals surface area contributed by atoms with Crippen LogP contribution in [-0.4, -0.2) is 55.9 Å². The zero-order chi connectivity index (χ0) is 49.7. The van der Waals surface area contributed by atoms with Gasteiger partial charge in [-0.3, -0.25) is 9.11 Å². The molecule has 0 spiro atoms. The molecule has 9 nitrogen and oxygen atoms in total. The first kappa shape index (κ1) is 58.4. The highest BCUT2D eigenvalue weighted by Gasteiger charge is 2.29. The number of unbranched alkanes of at least 4 members (excludes halogenated alkanes) is 6. The van der Waals surface area contributed by atoms with E-state index < -0.39 is 31.0 Å². The Bertz CT molecular complexity index is 2350.